The van der Waals surface area contributed by atoms with Gasteiger partial charge < -0.3 is 30.3 Å². The number of aromatic nitrogens is 1. The number of aromatic amines is 1. The molecule has 0 spiro atoms. The van der Waals surface area contributed by atoms with Gasteiger partial charge in [-0.05, 0) is 35.7 Å². The number of amides is 2. The number of hydrogen-bond acceptors (Lipinski definition) is 6. The van der Waals surface area contributed by atoms with E-state index in [-0.39, 0.29) is 35.9 Å². The lowest BCUT2D eigenvalue weighted by Gasteiger charge is -2.47. The van der Waals surface area contributed by atoms with Gasteiger partial charge in [0.15, 0.2) is 0 Å². The van der Waals surface area contributed by atoms with Gasteiger partial charge in [0.05, 0.1) is 18.3 Å². The molecule has 0 bridgehead atoms. The average molecular weight is 435 g/mol. The number of para-hydroxylation sites is 1. The number of nitrogens with one attached hydrogen (secondary N) is 1. The number of nitrogens with zero attached hydrogens (tertiary/aromatic N) is 3. The van der Waals surface area contributed by atoms with E-state index < -0.39 is 12.1 Å². The normalized spacial score (nSPS) is 20.5. The number of benzene rings is 2. The smallest absolute Gasteiger partial charge is 0.246 e. The van der Waals surface area contributed by atoms with Crippen molar-refractivity contribution in [1.29, 1.82) is 0 Å². The van der Waals surface area contributed by atoms with E-state index in [0.29, 0.717) is 24.9 Å². The molecule has 9 heteroatoms. The average Bonchev–Trinajstić information content (AvgIpc) is 3.17. The zero-order chi connectivity index (χ0) is 22.4. The first-order valence-electron chi connectivity index (χ1n) is 10.6. The van der Waals surface area contributed by atoms with E-state index in [2.05, 4.69) is 4.98 Å². The van der Waals surface area contributed by atoms with Crippen molar-refractivity contribution in [3.8, 4) is 0 Å². The summed E-state index contributed by atoms with van der Waals surface area (Å²) in [5.74, 6) is -0.349. The van der Waals surface area contributed by atoms with E-state index in [1.165, 1.54) is 17.0 Å². The summed E-state index contributed by atoms with van der Waals surface area (Å²) >= 11 is 0. The highest BCUT2D eigenvalue weighted by molar-refractivity contribution is 5.97. The highest BCUT2D eigenvalue weighted by atomic mass is 16.8. The quantitative estimate of drug-likeness (QED) is 0.526. The molecule has 1 aromatic heterocycles. The fourth-order valence-corrected chi connectivity index (χ4v) is 4.93. The first-order chi connectivity index (χ1) is 15.5. The minimum Gasteiger partial charge on any atom is -0.733 e. The largest absolute Gasteiger partial charge is 0.733 e. The zero-order valence-electron chi connectivity index (χ0n) is 17.3. The first-order valence-corrected chi connectivity index (χ1v) is 10.6. The van der Waals surface area contributed by atoms with Crippen LogP contribution in [0.5, 0.6) is 0 Å². The van der Waals surface area contributed by atoms with Gasteiger partial charge in [0.2, 0.25) is 11.8 Å². The van der Waals surface area contributed by atoms with Gasteiger partial charge in [0.25, 0.3) is 0 Å². The third-order valence-electron chi connectivity index (χ3n) is 6.34. The molecule has 2 atom stereocenters. The number of fused-ring (bicyclic) bond motifs is 4. The van der Waals surface area contributed by atoms with Crippen LogP contribution >= 0.6 is 0 Å². The Morgan fingerprint density at radius 3 is 2.75 bits per heavy atom. The maximum absolute atomic E-state index is 13.4. The maximum Gasteiger partial charge on any atom is 0.246 e. The Morgan fingerprint density at radius 1 is 1.16 bits per heavy atom. The van der Waals surface area contributed by atoms with Crippen LogP contribution in [0.3, 0.4) is 0 Å². The van der Waals surface area contributed by atoms with Crippen molar-refractivity contribution in [3.05, 3.63) is 70.6 Å². The molecule has 9 nitrogen and oxygen atoms in total. The maximum atomic E-state index is 13.4. The molecule has 2 aromatic carbocycles. The number of H-pyrrole nitrogens is 1. The van der Waals surface area contributed by atoms with Gasteiger partial charge in [-0.15, -0.1) is 0 Å². The molecule has 5 rings (SSSR count). The first kappa shape index (κ1) is 20.5. The molecule has 0 radical (unpaired) electrons. The fourth-order valence-electron chi connectivity index (χ4n) is 4.93. The molecule has 0 saturated carbocycles. The van der Waals surface area contributed by atoms with Gasteiger partial charge in [0, 0.05) is 36.2 Å². The Morgan fingerprint density at radius 2 is 1.97 bits per heavy atom. The summed E-state index contributed by atoms with van der Waals surface area (Å²) in [6.07, 6.45) is 0.787. The van der Waals surface area contributed by atoms with E-state index in [9.17, 15) is 25.1 Å². The molecule has 3 N–H and O–H groups in total. The van der Waals surface area contributed by atoms with Crippen molar-refractivity contribution in [2.45, 2.75) is 24.9 Å². The molecule has 2 aliphatic rings. The van der Waals surface area contributed by atoms with Crippen LogP contribution in [0.15, 0.2) is 48.5 Å². The SMILES string of the molecule is O=C1C2Cc3c([nH]c4ccccc34)C(c3cccc(N([O-])O)c3)N2C(=O)CN1CCCO. The predicted molar refractivity (Wildman–Crippen MR) is 117 cm³/mol. The summed E-state index contributed by atoms with van der Waals surface area (Å²) in [5.41, 5.74) is 3.34. The van der Waals surface area contributed by atoms with Gasteiger partial charge >= 0.3 is 0 Å². The second kappa shape index (κ2) is 7.94. The number of hydrogen-bond donors (Lipinski definition) is 3. The van der Waals surface area contributed by atoms with Gasteiger partial charge in [-0.3, -0.25) is 14.8 Å². The van der Waals surface area contributed by atoms with Crippen LogP contribution in [0.25, 0.3) is 10.9 Å². The molecular weight excluding hydrogens is 412 g/mol. The lowest BCUT2D eigenvalue weighted by molar-refractivity contribution is -0.158. The number of carbonyl (C=O) groups is 2. The number of carbonyl (C=O) groups excluding carboxylic acids is 2. The van der Waals surface area contributed by atoms with E-state index in [0.717, 1.165) is 22.2 Å². The summed E-state index contributed by atoms with van der Waals surface area (Å²) in [4.78, 5) is 33.2. The molecule has 3 heterocycles. The van der Waals surface area contributed by atoms with Crippen LogP contribution < -0.4 is 5.23 Å². The molecule has 1 saturated heterocycles. The van der Waals surface area contributed by atoms with Crippen molar-refractivity contribution in [2.75, 3.05) is 24.9 Å². The Hall–Kier alpha value is -3.40. The summed E-state index contributed by atoms with van der Waals surface area (Å²) < 4.78 is 0. The summed E-state index contributed by atoms with van der Waals surface area (Å²) in [6, 6.07) is 12.9. The standard InChI is InChI=1S/C23H23N4O5/c28-10-4-9-25-13-20(29)26-19(23(25)30)12-17-16-7-1-2-8-18(16)24-21(17)22(26)14-5-3-6-15(11-14)27(31)32/h1-3,5-8,11,19,22,24,28,31H,4,9-10,12-13H2/q-1. The van der Waals surface area contributed by atoms with Crippen LogP contribution in [-0.2, 0) is 16.0 Å². The Balaban J connectivity index is 1.67. The summed E-state index contributed by atoms with van der Waals surface area (Å²) in [7, 11) is 0. The number of aliphatic hydroxyl groups is 1. The van der Waals surface area contributed by atoms with Crippen LogP contribution in [0.2, 0.25) is 0 Å². The number of rotatable bonds is 5. The van der Waals surface area contributed by atoms with E-state index in [1.807, 2.05) is 24.3 Å². The zero-order valence-corrected chi connectivity index (χ0v) is 17.3. The molecule has 2 amide bonds. The van der Waals surface area contributed by atoms with Crippen LogP contribution in [-0.4, -0.2) is 62.7 Å². The van der Waals surface area contributed by atoms with E-state index in [1.54, 1.807) is 17.0 Å². The fraction of sp³-hybridized carbons (Fsp3) is 0.304. The lowest BCUT2D eigenvalue weighted by atomic mass is 9.86. The predicted octanol–water partition coefficient (Wildman–Crippen LogP) is 1.93. The van der Waals surface area contributed by atoms with Crippen molar-refractivity contribution in [2.24, 2.45) is 0 Å². The Bertz CT molecular complexity index is 1190. The van der Waals surface area contributed by atoms with Crippen molar-refractivity contribution in [1.82, 2.24) is 14.8 Å². The topological polar surface area (TPSA) is 123 Å². The molecule has 3 aromatic rings. The minimum absolute atomic E-state index is 0.0441. The number of piperazine rings is 1. The third-order valence-corrected chi connectivity index (χ3v) is 6.34. The Kier molecular flexibility index (Phi) is 5.09. The molecule has 32 heavy (non-hydrogen) atoms. The van der Waals surface area contributed by atoms with E-state index in [4.69, 9.17) is 0 Å². The van der Waals surface area contributed by atoms with Crippen LogP contribution in [0.4, 0.5) is 5.69 Å². The summed E-state index contributed by atoms with van der Waals surface area (Å²) in [6.45, 7) is 0.206. The Labute approximate surface area is 184 Å². The second-order valence-electron chi connectivity index (χ2n) is 8.19. The second-order valence-corrected chi connectivity index (χ2v) is 8.19. The molecule has 2 unspecified atom stereocenters. The van der Waals surface area contributed by atoms with Crippen LogP contribution in [0.1, 0.15) is 29.3 Å². The van der Waals surface area contributed by atoms with Crippen molar-refractivity contribution in [3.63, 3.8) is 0 Å². The lowest BCUT2D eigenvalue weighted by Crippen LogP contribution is -2.63. The van der Waals surface area contributed by atoms with E-state index >= 15 is 0 Å². The monoisotopic (exact) mass is 435 g/mol. The van der Waals surface area contributed by atoms with Gasteiger partial charge in [-0.2, -0.15) is 0 Å². The molecule has 0 aliphatic carbocycles. The molecule has 166 valence electrons. The van der Waals surface area contributed by atoms with Crippen LogP contribution in [0, 0.1) is 5.21 Å². The number of aliphatic hydroxyl groups excluding tert-OH is 1. The van der Waals surface area contributed by atoms with Crippen molar-refractivity contribution < 1.29 is 19.9 Å². The highest BCUT2D eigenvalue weighted by Gasteiger charge is 2.48. The molecular formula is C23H23N4O5-. The highest BCUT2D eigenvalue weighted by Crippen LogP contribution is 2.43. The van der Waals surface area contributed by atoms with Gasteiger partial charge in [-0.1, -0.05) is 30.3 Å². The van der Waals surface area contributed by atoms with Gasteiger partial charge in [0.1, 0.15) is 6.04 Å². The summed E-state index contributed by atoms with van der Waals surface area (Å²) in [5, 5.41) is 30.9. The molecule has 2 aliphatic heterocycles. The molecule has 1 fully saturated rings. The third kappa shape index (κ3) is 3.22. The minimum atomic E-state index is -0.687. The van der Waals surface area contributed by atoms with Crippen molar-refractivity contribution >= 4 is 28.4 Å². The number of anilines is 1. The van der Waals surface area contributed by atoms with Gasteiger partial charge in [-0.25, -0.2) is 0 Å².